The first kappa shape index (κ1) is 33.8. The molecule has 3 heteroatoms. The average Bonchev–Trinajstić information content (AvgIpc) is 2.79. The quantitative estimate of drug-likeness (QED) is 0.249. The molecule has 0 amide bonds. The normalized spacial score (nSPS) is 11.0. The zero-order valence-electron chi connectivity index (χ0n) is 21.9. The van der Waals surface area contributed by atoms with Crippen molar-refractivity contribution in [3.05, 3.63) is 72.5 Å². The Morgan fingerprint density at radius 3 is 0.828 bits per heavy atom. The molecular weight excluding hydrogens is 606 g/mol. The van der Waals surface area contributed by atoms with Gasteiger partial charge in [0.05, 0.1) is 0 Å². The maximum atomic E-state index is 4.36. The van der Waals surface area contributed by atoms with Gasteiger partial charge >= 0.3 is 31.1 Å². The number of hydrogen-bond acceptors (Lipinski definition) is 0. The van der Waals surface area contributed by atoms with Crippen LogP contribution in [0, 0.1) is 114 Å². The van der Waals surface area contributed by atoms with Gasteiger partial charge in [0.15, 0.2) is 0 Å². The van der Waals surface area contributed by atoms with E-state index < -0.39 is 16.1 Å². The van der Waals surface area contributed by atoms with Crippen molar-refractivity contribution in [3.8, 4) is 0 Å². The molecule has 0 bridgehead atoms. The van der Waals surface area contributed by atoms with Gasteiger partial charge in [-0.1, -0.05) is 97.7 Å². The van der Waals surface area contributed by atoms with Crippen molar-refractivity contribution in [2.45, 2.75) is 81.6 Å². The molecule has 0 unspecified atom stereocenters. The fourth-order valence-electron chi connectivity index (χ4n) is 4.47. The van der Waals surface area contributed by atoms with Gasteiger partial charge in [0.1, 0.15) is 0 Å². The largest absolute Gasteiger partial charge is 4.00 e. The van der Waals surface area contributed by atoms with Crippen LogP contribution >= 0.6 is 0 Å². The third-order valence-electron chi connectivity index (χ3n) is 6.23. The van der Waals surface area contributed by atoms with Crippen LogP contribution in [0.1, 0.15) is 44.5 Å². The van der Waals surface area contributed by atoms with Crippen LogP contribution in [0.15, 0.2) is 0 Å². The van der Waals surface area contributed by atoms with Gasteiger partial charge < -0.3 is 27.9 Å². The molecular formula is C26H46Si2U-2. The molecule has 29 heavy (non-hydrogen) atoms. The smallest absolute Gasteiger partial charge is 0.358 e. The average molecular weight is 653 g/mol. The predicted octanol–water partition coefficient (Wildman–Crippen LogP) is 6.76. The topological polar surface area (TPSA) is 0 Å². The van der Waals surface area contributed by atoms with Crippen molar-refractivity contribution >= 4 is 26.5 Å². The predicted molar refractivity (Wildman–Crippen MR) is 140 cm³/mol. The molecule has 0 spiro atoms. The van der Waals surface area contributed by atoms with E-state index in [0.717, 1.165) is 0 Å². The minimum atomic E-state index is -1.38. The fourth-order valence-corrected chi connectivity index (χ4v) is 9.28. The third-order valence-corrected chi connectivity index (χ3v) is 10.4. The van der Waals surface area contributed by atoms with Crippen LogP contribution in [0.25, 0.3) is 0 Å². The summed E-state index contributed by atoms with van der Waals surface area (Å²) >= 11 is 0. The summed E-state index contributed by atoms with van der Waals surface area (Å²) in [6.07, 6.45) is 0. The maximum absolute atomic E-state index is 4.36. The third kappa shape index (κ3) is 7.10. The van der Waals surface area contributed by atoms with Crippen molar-refractivity contribution in [2.24, 2.45) is 0 Å². The zero-order valence-corrected chi connectivity index (χ0v) is 28.1. The summed E-state index contributed by atoms with van der Waals surface area (Å²) in [5, 5.41) is 3.14. The van der Waals surface area contributed by atoms with Crippen LogP contribution in [0.4, 0.5) is 0 Å². The van der Waals surface area contributed by atoms with E-state index in [4.69, 9.17) is 0 Å². The van der Waals surface area contributed by atoms with Crippen molar-refractivity contribution in [1.29, 1.82) is 0 Å². The van der Waals surface area contributed by atoms with E-state index in [9.17, 15) is 0 Å². The SMILES string of the molecule is [CH2-][Si](C)(C)c1c(C)c(C)c(C)[c-]1C.[CH2-][Si](C)(C)c1c(C)c(C)c(C)[c-]1C.[CH3-].[CH3-].[U+4]. The summed E-state index contributed by atoms with van der Waals surface area (Å²) in [6.45, 7) is 35.9. The Labute approximate surface area is 210 Å². The van der Waals surface area contributed by atoms with Crippen LogP contribution in [0.2, 0.25) is 26.2 Å². The molecule has 0 aliphatic carbocycles. The second-order valence-corrected chi connectivity index (χ2v) is 18.1. The van der Waals surface area contributed by atoms with Gasteiger partial charge in [-0.05, 0) is 0 Å². The molecule has 0 heterocycles. The first-order chi connectivity index (χ1) is 11.5. The Bertz CT molecular complexity index is 671. The molecule has 0 N–H and O–H groups in total. The molecule has 0 nitrogen and oxygen atoms in total. The Hall–Kier alpha value is 0.186. The summed E-state index contributed by atoms with van der Waals surface area (Å²) in [6, 6.07) is 0. The van der Waals surface area contributed by atoms with E-state index in [1.807, 2.05) is 0 Å². The van der Waals surface area contributed by atoms with E-state index in [0.29, 0.717) is 0 Å². The van der Waals surface area contributed by atoms with Gasteiger partial charge in [-0.2, -0.15) is 43.8 Å². The van der Waals surface area contributed by atoms with E-state index >= 15 is 0 Å². The molecule has 0 atom stereocenters. The summed E-state index contributed by atoms with van der Waals surface area (Å²) in [4.78, 5) is 0. The van der Waals surface area contributed by atoms with E-state index in [2.05, 4.69) is 94.7 Å². The van der Waals surface area contributed by atoms with Gasteiger partial charge in [0.25, 0.3) is 0 Å². The second kappa shape index (κ2) is 11.7. The summed E-state index contributed by atoms with van der Waals surface area (Å²) < 4.78 is 0. The Balaban J connectivity index is -0.000000422. The summed E-state index contributed by atoms with van der Waals surface area (Å²) in [5.41, 5.74) is 11.8. The Morgan fingerprint density at radius 2 is 0.759 bits per heavy atom. The van der Waals surface area contributed by atoms with Crippen molar-refractivity contribution in [2.75, 3.05) is 0 Å². The van der Waals surface area contributed by atoms with Crippen LogP contribution in [-0.2, 0) is 0 Å². The van der Waals surface area contributed by atoms with Crippen molar-refractivity contribution < 1.29 is 31.1 Å². The first-order valence-corrected chi connectivity index (χ1v) is 16.1. The minimum Gasteiger partial charge on any atom is -0.358 e. The molecule has 2 aromatic carbocycles. The van der Waals surface area contributed by atoms with Crippen molar-refractivity contribution in [1.82, 2.24) is 0 Å². The summed E-state index contributed by atoms with van der Waals surface area (Å²) in [7, 11) is -2.77. The molecule has 0 aliphatic heterocycles. The first-order valence-electron chi connectivity index (χ1n) is 9.71. The molecule has 0 saturated heterocycles. The number of hydrogen-bond donors (Lipinski definition) is 0. The monoisotopic (exact) mass is 652 g/mol. The van der Waals surface area contributed by atoms with Gasteiger partial charge in [-0.15, -0.1) is 0 Å². The molecule has 0 aliphatic rings. The minimum absolute atomic E-state index is 0. The zero-order chi connectivity index (χ0) is 20.8. The molecule has 0 saturated carbocycles. The Kier molecular flexibility index (Phi) is 13.6. The van der Waals surface area contributed by atoms with Crippen molar-refractivity contribution in [3.63, 3.8) is 0 Å². The van der Waals surface area contributed by atoms with E-state index in [1.54, 1.807) is 10.4 Å². The molecule has 0 aromatic heterocycles. The fraction of sp³-hybridized carbons (Fsp3) is 0.462. The standard InChI is InChI=1S/2C12H20Si.2CH3.U/c2*1-8-9(2)11(4)12(10(8)3)13(5,6)7;;;/h2*5H2,1-4,6-7H3;2*1H3;/q2*-2;2*-1;+4. The van der Waals surface area contributed by atoms with Crippen LogP contribution in [-0.4, -0.2) is 16.1 Å². The summed E-state index contributed by atoms with van der Waals surface area (Å²) in [5.74, 6) is 0. The molecule has 2 rings (SSSR count). The van der Waals surface area contributed by atoms with E-state index in [1.165, 1.54) is 44.5 Å². The Morgan fingerprint density at radius 1 is 0.552 bits per heavy atom. The van der Waals surface area contributed by atoms with Gasteiger partial charge in [-0.25, -0.2) is 11.1 Å². The van der Waals surface area contributed by atoms with E-state index in [-0.39, 0.29) is 46.0 Å². The number of rotatable bonds is 2. The van der Waals surface area contributed by atoms with Crippen LogP contribution in [0.5, 0.6) is 0 Å². The van der Waals surface area contributed by atoms with Gasteiger partial charge in [0, 0.05) is 0 Å². The second-order valence-electron chi connectivity index (χ2n) is 9.52. The molecule has 0 radical (unpaired) electrons. The van der Waals surface area contributed by atoms with Gasteiger partial charge in [-0.3, -0.25) is 0 Å². The van der Waals surface area contributed by atoms with Crippen LogP contribution < -0.4 is 10.4 Å². The van der Waals surface area contributed by atoms with Gasteiger partial charge in [0.2, 0.25) is 0 Å². The molecule has 164 valence electrons. The van der Waals surface area contributed by atoms with Crippen LogP contribution in [0.3, 0.4) is 0 Å². The molecule has 0 fully saturated rings. The maximum Gasteiger partial charge on any atom is 4.00 e. The molecule has 2 aromatic rings.